The van der Waals surface area contributed by atoms with E-state index in [9.17, 15) is 4.57 Å². The summed E-state index contributed by atoms with van der Waals surface area (Å²) in [7, 11) is 0.565. The van der Waals surface area contributed by atoms with Crippen molar-refractivity contribution in [2.24, 2.45) is 0 Å². The van der Waals surface area contributed by atoms with Gasteiger partial charge in [-0.25, -0.2) is 9.97 Å². The van der Waals surface area contributed by atoms with Gasteiger partial charge in [0, 0.05) is 60.6 Å². The average molecular weight is 883 g/mol. The summed E-state index contributed by atoms with van der Waals surface area (Å²) in [6.07, 6.45) is 7.80. The van der Waals surface area contributed by atoms with E-state index in [2.05, 4.69) is 44.4 Å². The molecule has 17 nitrogen and oxygen atoms in total. The fourth-order valence-corrected chi connectivity index (χ4v) is 7.05. The van der Waals surface area contributed by atoms with Gasteiger partial charge in [-0.3, -0.25) is 4.57 Å². The van der Waals surface area contributed by atoms with Gasteiger partial charge in [-0.2, -0.15) is 9.97 Å². The Balaban J connectivity index is 1.07. The topological polar surface area (TPSA) is 219 Å². The highest BCUT2D eigenvalue weighted by Gasteiger charge is 2.17. The third kappa shape index (κ3) is 17.1. The minimum atomic E-state index is -2.69. The first-order valence-electron chi connectivity index (χ1n) is 21.4. The van der Waals surface area contributed by atoms with Gasteiger partial charge < -0.3 is 59.6 Å². The van der Waals surface area contributed by atoms with Gasteiger partial charge in [-0.05, 0) is 49.9 Å². The highest BCUT2D eigenvalue weighted by atomic mass is 31.1. The lowest BCUT2D eigenvalue weighted by atomic mass is 10.0. The number of aryl methyl sites for hydroxylation is 2. The summed E-state index contributed by atoms with van der Waals surface area (Å²) in [5.74, 6) is 4.66. The number of rotatable bonds is 32. The zero-order valence-corrected chi connectivity index (χ0v) is 38.3. The minimum Gasteiger partial charge on any atom is -0.496 e. The number of nitrogens with two attached hydrogens (primary N) is 2. The van der Waals surface area contributed by atoms with Gasteiger partial charge in [-0.15, -0.1) is 0 Å². The standard InChI is InChI=1S/C44H67N8O9P/c1-7-9-11-17-47-41-37(31(3)49-43(45)51-41)27-33-13-15-35(29-39(33)54-5)58-23-19-56-21-25-60-62(53)61-26-22-57-20-24-59-36-16-14-34(40(30-36)55-6)28-38-32(4)50-44(46)52-42(38)48-18-12-10-8-2/h13-16,29-30,62H,7-12,17-28H2,1-6H3,(H3,45,47,49,51)(H3,46,48,50,52). The Hall–Kier alpha value is -4.93. The Bertz CT molecular complexity index is 1840. The van der Waals surface area contributed by atoms with Crippen LogP contribution < -0.4 is 41.0 Å². The Morgan fingerprint density at radius 3 is 1.40 bits per heavy atom. The lowest BCUT2D eigenvalue weighted by Crippen LogP contribution is -2.12. The van der Waals surface area contributed by atoms with Crippen molar-refractivity contribution < 1.29 is 42.0 Å². The molecule has 0 saturated carbocycles. The smallest absolute Gasteiger partial charge is 0.319 e. The maximum atomic E-state index is 12.2. The first-order chi connectivity index (χ1) is 30.1. The van der Waals surface area contributed by atoms with Gasteiger partial charge >= 0.3 is 8.25 Å². The fourth-order valence-electron chi connectivity index (χ4n) is 6.47. The Morgan fingerprint density at radius 2 is 1.00 bits per heavy atom. The van der Waals surface area contributed by atoms with Gasteiger partial charge in [0.1, 0.15) is 47.8 Å². The van der Waals surface area contributed by atoms with Crippen LogP contribution in [-0.2, 0) is 35.9 Å². The van der Waals surface area contributed by atoms with E-state index < -0.39 is 8.25 Å². The number of nitrogens with zero attached hydrogens (tertiary/aromatic N) is 4. The number of nitrogen functional groups attached to an aromatic ring is 2. The predicted molar refractivity (Wildman–Crippen MR) is 244 cm³/mol. The summed E-state index contributed by atoms with van der Waals surface area (Å²) in [6, 6.07) is 11.4. The van der Waals surface area contributed by atoms with Gasteiger partial charge in [0.15, 0.2) is 0 Å². The van der Waals surface area contributed by atoms with Gasteiger partial charge in [0.25, 0.3) is 0 Å². The third-order valence-electron chi connectivity index (χ3n) is 9.75. The second-order valence-corrected chi connectivity index (χ2v) is 15.5. The molecule has 0 aliphatic rings. The maximum Gasteiger partial charge on any atom is 0.319 e. The zero-order valence-electron chi connectivity index (χ0n) is 37.3. The molecule has 342 valence electrons. The van der Waals surface area contributed by atoms with Crippen LogP contribution in [0.1, 0.15) is 86.0 Å². The van der Waals surface area contributed by atoms with Crippen LogP contribution in [0.5, 0.6) is 23.0 Å². The van der Waals surface area contributed by atoms with Crippen molar-refractivity contribution in [3.8, 4) is 23.0 Å². The molecule has 0 spiro atoms. The number of benzene rings is 2. The van der Waals surface area contributed by atoms with Crippen molar-refractivity contribution in [3.63, 3.8) is 0 Å². The number of methoxy groups -OCH3 is 2. The molecule has 2 aromatic heterocycles. The largest absolute Gasteiger partial charge is 0.496 e. The van der Waals surface area contributed by atoms with E-state index in [0.717, 1.165) is 96.9 Å². The summed E-state index contributed by atoms with van der Waals surface area (Å²) in [4.78, 5) is 17.7. The molecular weight excluding hydrogens is 816 g/mol. The lowest BCUT2D eigenvalue weighted by Gasteiger charge is -2.16. The summed E-state index contributed by atoms with van der Waals surface area (Å²) >= 11 is 0. The molecule has 18 heteroatoms. The lowest BCUT2D eigenvalue weighted by molar-refractivity contribution is 0.0614. The molecule has 2 aromatic carbocycles. The van der Waals surface area contributed by atoms with Gasteiger partial charge in [0.05, 0.1) is 53.9 Å². The van der Waals surface area contributed by atoms with Gasteiger partial charge in [-0.1, -0.05) is 51.7 Å². The van der Waals surface area contributed by atoms with E-state index in [1.807, 2.05) is 50.2 Å². The number of hydrogen-bond donors (Lipinski definition) is 4. The molecular formula is C44H67N8O9P. The van der Waals surface area contributed by atoms with E-state index in [0.29, 0.717) is 62.3 Å². The van der Waals surface area contributed by atoms with Crippen LogP contribution in [0.25, 0.3) is 0 Å². The first kappa shape index (κ1) is 49.7. The van der Waals surface area contributed by atoms with E-state index in [1.165, 1.54) is 0 Å². The maximum absolute atomic E-state index is 12.2. The van der Waals surface area contributed by atoms with Crippen molar-refractivity contribution in [2.45, 2.75) is 79.1 Å². The summed E-state index contributed by atoms with van der Waals surface area (Å²) in [6.45, 7) is 11.8. The highest BCUT2D eigenvalue weighted by molar-refractivity contribution is 7.33. The molecule has 62 heavy (non-hydrogen) atoms. The number of hydrogen-bond acceptors (Lipinski definition) is 17. The predicted octanol–water partition coefficient (Wildman–Crippen LogP) is 7.36. The Morgan fingerprint density at radius 1 is 0.581 bits per heavy atom. The monoisotopic (exact) mass is 882 g/mol. The van der Waals surface area contributed by atoms with Crippen molar-refractivity contribution in [3.05, 3.63) is 70.0 Å². The normalized spacial score (nSPS) is 11.2. The van der Waals surface area contributed by atoms with Crippen LogP contribution in [0.15, 0.2) is 36.4 Å². The number of ether oxygens (including phenoxy) is 6. The second kappa shape index (κ2) is 27.9. The number of unbranched alkanes of at least 4 members (excludes halogenated alkanes) is 4. The third-order valence-corrected chi connectivity index (χ3v) is 10.6. The molecule has 2 heterocycles. The van der Waals surface area contributed by atoms with E-state index in [1.54, 1.807) is 14.2 Å². The molecule has 0 aliphatic heterocycles. The first-order valence-corrected chi connectivity index (χ1v) is 22.7. The van der Waals surface area contributed by atoms with Crippen molar-refractivity contribution in [2.75, 3.05) is 102 Å². The molecule has 0 atom stereocenters. The van der Waals surface area contributed by atoms with Crippen LogP contribution in [0.3, 0.4) is 0 Å². The molecule has 0 bridgehead atoms. The number of nitrogens with one attached hydrogen (secondary N) is 2. The fraction of sp³-hybridized carbons (Fsp3) is 0.545. The molecule has 6 N–H and O–H groups in total. The minimum absolute atomic E-state index is 0.117. The zero-order chi connectivity index (χ0) is 44.5. The van der Waals surface area contributed by atoms with Gasteiger partial charge in [0.2, 0.25) is 11.9 Å². The highest BCUT2D eigenvalue weighted by Crippen LogP contribution is 2.32. The molecule has 0 unspecified atom stereocenters. The molecule has 0 aliphatic carbocycles. The summed E-state index contributed by atoms with van der Waals surface area (Å²) in [5, 5.41) is 6.86. The average Bonchev–Trinajstić information content (AvgIpc) is 3.25. The molecule has 0 saturated heterocycles. The van der Waals surface area contributed by atoms with Crippen molar-refractivity contribution in [1.82, 2.24) is 19.9 Å². The Labute approximate surface area is 367 Å². The van der Waals surface area contributed by atoms with Crippen LogP contribution in [0, 0.1) is 13.8 Å². The SMILES string of the molecule is CCCCCNc1nc(N)nc(C)c1Cc1ccc(OCCOCCO[PH](=O)OCCOCCOc2ccc(Cc3c(C)nc(N)nc3NCCCCC)c(OC)c2)cc1OC. The second-order valence-electron chi connectivity index (χ2n) is 14.4. The summed E-state index contributed by atoms with van der Waals surface area (Å²) < 4.78 is 57.0. The summed E-state index contributed by atoms with van der Waals surface area (Å²) in [5.41, 5.74) is 17.4. The molecule has 4 rings (SSSR count). The van der Waals surface area contributed by atoms with Crippen molar-refractivity contribution in [1.29, 1.82) is 0 Å². The van der Waals surface area contributed by atoms with Crippen molar-refractivity contribution >= 4 is 31.8 Å². The van der Waals surface area contributed by atoms with E-state index in [4.69, 9.17) is 48.9 Å². The number of aromatic nitrogens is 4. The molecule has 4 aromatic rings. The van der Waals surface area contributed by atoms with E-state index in [-0.39, 0.29) is 38.3 Å². The van der Waals surface area contributed by atoms with E-state index >= 15 is 0 Å². The number of anilines is 4. The molecule has 0 amide bonds. The quantitative estimate of drug-likeness (QED) is 0.0278. The van der Waals surface area contributed by atoms with Crippen LogP contribution in [0.4, 0.5) is 23.5 Å². The van der Waals surface area contributed by atoms with Crippen LogP contribution in [0.2, 0.25) is 0 Å². The molecule has 0 fully saturated rings. The van der Waals surface area contributed by atoms with Crippen LogP contribution in [-0.4, -0.2) is 100 Å². The molecule has 0 radical (unpaired) electrons. The van der Waals surface area contributed by atoms with Crippen LogP contribution >= 0.6 is 8.25 Å². The Kier molecular flexibility index (Phi) is 22.4.